The second-order valence-electron chi connectivity index (χ2n) is 4.94. The molecule has 2 aromatic rings. The molecule has 0 aliphatic carbocycles. The highest BCUT2D eigenvalue weighted by molar-refractivity contribution is 5.78. The Hall–Kier alpha value is -2.26. The molecule has 0 unspecified atom stereocenters. The lowest BCUT2D eigenvalue weighted by Gasteiger charge is -2.38. The van der Waals surface area contributed by atoms with E-state index in [0.29, 0.717) is 13.2 Å². The highest BCUT2D eigenvalue weighted by atomic mass is 16.5. The standard InChI is InChI=1S/C17H15NO2.C2H6/c1-3-9-16-14(7-1)18(13-6-5-11-19-12-13)15-8-2-4-10-17(15)20-16;1-2/h1-10,13H,11-12H2;1-2H3/t13-;/m1./s1. The van der Waals surface area contributed by atoms with Crippen LogP contribution in [0.2, 0.25) is 0 Å². The molecular formula is C19H21NO2. The van der Waals surface area contributed by atoms with Gasteiger partial charge in [-0.15, -0.1) is 0 Å². The van der Waals surface area contributed by atoms with Crippen LogP contribution < -0.4 is 9.64 Å². The van der Waals surface area contributed by atoms with Gasteiger partial charge >= 0.3 is 0 Å². The molecule has 0 amide bonds. The number of rotatable bonds is 1. The molecule has 3 heteroatoms. The summed E-state index contributed by atoms with van der Waals surface area (Å²) in [6.45, 7) is 5.39. The highest BCUT2D eigenvalue weighted by Crippen LogP contribution is 2.47. The zero-order valence-corrected chi connectivity index (χ0v) is 13.0. The summed E-state index contributed by atoms with van der Waals surface area (Å²) in [5.74, 6) is 1.79. The Morgan fingerprint density at radius 3 is 2.05 bits per heavy atom. The van der Waals surface area contributed by atoms with Crippen molar-refractivity contribution in [3.05, 3.63) is 60.7 Å². The number of fused-ring (bicyclic) bond motifs is 2. The first-order chi connectivity index (χ1) is 10.9. The summed E-state index contributed by atoms with van der Waals surface area (Å²) in [5, 5.41) is 0. The average molecular weight is 295 g/mol. The van der Waals surface area contributed by atoms with Crippen LogP contribution >= 0.6 is 0 Å². The van der Waals surface area contributed by atoms with Gasteiger partial charge in [0.2, 0.25) is 0 Å². The molecule has 0 radical (unpaired) electrons. The molecule has 0 aromatic heterocycles. The molecule has 114 valence electrons. The topological polar surface area (TPSA) is 21.7 Å². The number of hydrogen-bond donors (Lipinski definition) is 0. The van der Waals surface area contributed by atoms with Gasteiger partial charge in [0.15, 0.2) is 11.5 Å². The van der Waals surface area contributed by atoms with Crippen molar-refractivity contribution >= 4 is 11.4 Å². The van der Waals surface area contributed by atoms with Crippen LogP contribution in [0.5, 0.6) is 11.5 Å². The van der Waals surface area contributed by atoms with E-state index in [-0.39, 0.29) is 6.04 Å². The Bertz CT molecular complexity index is 620. The second-order valence-corrected chi connectivity index (χ2v) is 4.94. The fourth-order valence-corrected chi connectivity index (χ4v) is 2.78. The number of nitrogens with zero attached hydrogens (tertiary/aromatic N) is 1. The van der Waals surface area contributed by atoms with E-state index in [9.17, 15) is 0 Å². The van der Waals surface area contributed by atoms with Crippen molar-refractivity contribution in [2.75, 3.05) is 18.1 Å². The zero-order chi connectivity index (χ0) is 15.4. The van der Waals surface area contributed by atoms with Crippen molar-refractivity contribution in [3.63, 3.8) is 0 Å². The smallest absolute Gasteiger partial charge is 0.151 e. The lowest BCUT2D eigenvalue weighted by atomic mass is 10.1. The van der Waals surface area contributed by atoms with Gasteiger partial charge in [-0.1, -0.05) is 50.3 Å². The quantitative estimate of drug-likeness (QED) is 0.698. The van der Waals surface area contributed by atoms with Gasteiger partial charge in [0, 0.05) is 0 Å². The third-order valence-corrected chi connectivity index (χ3v) is 3.66. The molecule has 2 heterocycles. The van der Waals surface area contributed by atoms with Gasteiger partial charge in [-0.2, -0.15) is 0 Å². The molecule has 2 aliphatic rings. The third kappa shape index (κ3) is 2.60. The normalized spacial score (nSPS) is 18.5. The van der Waals surface area contributed by atoms with Gasteiger partial charge in [0.1, 0.15) is 0 Å². The van der Waals surface area contributed by atoms with E-state index in [4.69, 9.17) is 9.47 Å². The van der Waals surface area contributed by atoms with Gasteiger partial charge in [0.25, 0.3) is 0 Å². The second kappa shape index (κ2) is 6.67. The molecule has 4 rings (SSSR count). The van der Waals surface area contributed by atoms with Crippen molar-refractivity contribution in [1.29, 1.82) is 0 Å². The Balaban J connectivity index is 0.000000693. The van der Waals surface area contributed by atoms with E-state index in [1.165, 1.54) is 0 Å². The Morgan fingerprint density at radius 1 is 0.909 bits per heavy atom. The predicted octanol–water partition coefficient (Wildman–Crippen LogP) is 4.91. The van der Waals surface area contributed by atoms with Crippen molar-refractivity contribution in [3.8, 4) is 11.5 Å². The number of anilines is 2. The fourth-order valence-electron chi connectivity index (χ4n) is 2.78. The highest BCUT2D eigenvalue weighted by Gasteiger charge is 2.29. The van der Waals surface area contributed by atoms with E-state index in [0.717, 1.165) is 22.9 Å². The van der Waals surface area contributed by atoms with E-state index in [1.54, 1.807) is 0 Å². The van der Waals surface area contributed by atoms with Crippen molar-refractivity contribution in [2.24, 2.45) is 0 Å². The average Bonchev–Trinajstić information content (AvgIpc) is 2.62. The minimum absolute atomic E-state index is 0.204. The van der Waals surface area contributed by atoms with Gasteiger partial charge < -0.3 is 14.4 Å². The first-order valence-corrected chi connectivity index (χ1v) is 7.83. The van der Waals surface area contributed by atoms with E-state index in [2.05, 4.69) is 29.2 Å². The van der Waals surface area contributed by atoms with Crippen molar-refractivity contribution in [2.45, 2.75) is 19.9 Å². The monoisotopic (exact) mass is 295 g/mol. The Morgan fingerprint density at radius 2 is 1.50 bits per heavy atom. The molecule has 2 aliphatic heterocycles. The molecule has 22 heavy (non-hydrogen) atoms. The van der Waals surface area contributed by atoms with Crippen LogP contribution in [0, 0.1) is 0 Å². The SMILES string of the molecule is C1=C[C@@H](N2c3ccccc3Oc3ccccc32)COC1.CC. The molecule has 0 spiro atoms. The maximum atomic E-state index is 5.99. The van der Waals surface area contributed by atoms with Crippen LogP contribution in [0.15, 0.2) is 60.7 Å². The molecule has 1 atom stereocenters. The number of para-hydroxylation sites is 4. The van der Waals surface area contributed by atoms with Crippen LogP contribution in [0.1, 0.15) is 13.8 Å². The third-order valence-electron chi connectivity index (χ3n) is 3.66. The largest absolute Gasteiger partial charge is 0.453 e. The summed E-state index contributed by atoms with van der Waals surface area (Å²) in [7, 11) is 0. The first kappa shape index (κ1) is 14.7. The number of ether oxygens (including phenoxy) is 2. The number of benzene rings is 2. The summed E-state index contributed by atoms with van der Waals surface area (Å²) in [6.07, 6.45) is 4.29. The van der Waals surface area contributed by atoms with E-state index < -0.39 is 0 Å². The first-order valence-electron chi connectivity index (χ1n) is 7.83. The molecule has 0 saturated carbocycles. The molecule has 0 fully saturated rings. The van der Waals surface area contributed by atoms with Crippen LogP contribution in [0.25, 0.3) is 0 Å². The molecule has 3 nitrogen and oxygen atoms in total. The summed E-state index contributed by atoms with van der Waals surface area (Å²) >= 11 is 0. The maximum Gasteiger partial charge on any atom is 0.151 e. The molecule has 0 bridgehead atoms. The minimum atomic E-state index is 0.204. The molecule has 2 aromatic carbocycles. The predicted molar refractivity (Wildman–Crippen MR) is 90.2 cm³/mol. The molecule has 0 N–H and O–H groups in total. The lowest BCUT2D eigenvalue weighted by molar-refractivity contribution is 0.146. The van der Waals surface area contributed by atoms with Crippen molar-refractivity contribution < 1.29 is 9.47 Å². The fraction of sp³-hybridized carbons (Fsp3) is 0.263. The van der Waals surface area contributed by atoms with Gasteiger partial charge in [0.05, 0.1) is 30.6 Å². The zero-order valence-electron chi connectivity index (χ0n) is 13.0. The molecule has 0 saturated heterocycles. The van der Waals surface area contributed by atoms with Gasteiger partial charge in [-0.05, 0) is 24.3 Å². The van der Waals surface area contributed by atoms with Crippen LogP contribution in [0.3, 0.4) is 0 Å². The lowest BCUT2D eigenvalue weighted by Crippen LogP contribution is -2.37. The van der Waals surface area contributed by atoms with Crippen molar-refractivity contribution in [1.82, 2.24) is 0 Å². The Labute approximate surface area is 131 Å². The maximum absolute atomic E-state index is 5.99. The van der Waals surface area contributed by atoms with Gasteiger partial charge in [-0.3, -0.25) is 0 Å². The van der Waals surface area contributed by atoms with Crippen LogP contribution in [-0.4, -0.2) is 19.3 Å². The summed E-state index contributed by atoms with van der Waals surface area (Å²) < 4.78 is 11.6. The van der Waals surface area contributed by atoms with E-state index >= 15 is 0 Å². The summed E-state index contributed by atoms with van der Waals surface area (Å²) in [4.78, 5) is 2.30. The van der Waals surface area contributed by atoms with E-state index in [1.807, 2.05) is 50.2 Å². The van der Waals surface area contributed by atoms with Gasteiger partial charge in [-0.25, -0.2) is 0 Å². The Kier molecular flexibility index (Phi) is 4.45. The summed E-state index contributed by atoms with van der Waals surface area (Å²) in [6, 6.07) is 16.5. The van der Waals surface area contributed by atoms with Crippen LogP contribution in [0.4, 0.5) is 11.4 Å². The summed E-state index contributed by atoms with van der Waals surface area (Å²) in [5.41, 5.74) is 2.18. The number of hydrogen-bond acceptors (Lipinski definition) is 3. The van der Waals surface area contributed by atoms with Crippen LogP contribution in [-0.2, 0) is 4.74 Å². The molecular weight excluding hydrogens is 274 g/mol. The minimum Gasteiger partial charge on any atom is -0.453 e.